The summed E-state index contributed by atoms with van der Waals surface area (Å²) in [5.74, 6) is 0. The molecule has 0 aromatic heterocycles. The molecule has 0 unspecified atom stereocenters. The van der Waals surface area contributed by atoms with Gasteiger partial charge >= 0.3 is 0 Å². The summed E-state index contributed by atoms with van der Waals surface area (Å²) in [5, 5.41) is 0.737. The van der Waals surface area contributed by atoms with Crippen LogP contribution in [0.5, 0.6) is 0 Å². The molecule has 76 valence electrons. The lowest BCUT2D eigenvalue weighted by Gasteiger charge is -2.09. The maximum Gasteiger partial charge on any atom is 0.0534 e. The van der Waals surface area contributed by atoms with Crippen molar-refractivity contribution in [2.24, 2.45) is 0 Å². The number of anilines is 1. The van der Waals surface area contributed by atoms with Crippen molar-refractivity contribution in [2.75, 3.05) is 5.73 Å². The first-order chi connectivity index (χ1) is 7.20. The van der Waals surface area contributed by atoms with Gasteiger partial charge in [-0.25, -0.2) is 0 Å². The second kappa shape index (κ2) is 3.95. The minimum atomic E-state index is 0.736. The molecule has 0 saturated carbocycles. The number of rotatable bonds is 1. The minimum absolute atomic E-state index is 0.736. The average molecular weight is 218 g/mol. The molecule has 0 aliphatic heterocycles. The number of nitrogens with two attached hydrogens (primary N) is 1. The van der Waals surface area contributed by atoms with Crippen molar-refractivity contribution in [1.82, 2.24) is 0 Å². The molecule has 0 amide bonds. The van der Waals surface area contributed by atoms with Gasteiger partial charge in [0.05, 0.1) is 5.02 Å². The van der Waals surface area contributed by atoms with Gasteiger partial charge in [-0.15, -0.1) is 0 Å². The lowest BCUT2D eigenvalue weighted by atomic mass is 10.0. The van der Waals surface area contributed by atoms with Crippen LogP contribution in [0.3, 0.4) is 0 Å². The first kappa shape index (κ1) is 10.1. The second-order valence-electron chi connectivity index (χ2n) is 3.51. The van der Waals surface area contributed by atoms with E-state index in [0.717, 1.165) is 27.4 Å². The van der Waals surface area contributed by atoms with E-state index in [2.05, 4.69) is 0 Å². The van der Waals surface area contributed by atoms with Crippen LogP contribution >= 0.6 is 11.6 Å². The Balaban J connectivity index is 2.60. The molecule has 0 saturated heterocycles. The zero-order chi connectivity index (χ0) is 10.8. The van der Waals surface area contributed by atoms with E-state index in [0.29, 0.717) is 0 Å². The van der Waals surface area contributed by atoms with E-state index in [9.17, 15) is 0 Å². The summed E-state index contributed by atoms with van der Waals surface area (Å²) in [6.07, 6.45) is 0. The van der Waals surface area contributed by atoms with Crippen LogP contribution in [-0.2, 0) is 0 Å². The lowest BCUT2D eigenvalue weighted by molar-refractivity contribution is 1.46. The Hall–Kier alpha value is -1.47. The van der Waals surface area contributed by atoms with Gasteiger partial charge in [0.15, 0.2) is 0 Å². The molecular formula is C13H12ClN. The maximum absolute atomic E-state index is 6.25. The van der Waals surface area contributed by atoms with Crippen molar-refractivity contribution in [3.8, 4) is 11.1 Å². The Morgan fingerprint density at radius 3 is 2.33 bits per heavy atom. The molecule has 0 aliphatic carbocycles. The third-order valence-electron chi connectivity index (χ3n) is 2.51. The summed E-state index contributed by atoms with van der Waals surface area (Å²) in [7, 11) is 0. The van der Waals surface area contributed by atoms with E-state index < -0.39 is 0 Å². The summed E-state index contributed by atoms with van der Waals surface area (Å²) < 4.78 is 0. The molecule has 0 bridgehead atoms. The van der Waals surface area contributed by atoms with Crippen LogP contribution in [0.4, 0.5) is 5.69 Å². The van der Waals surface area contributed by atoms with E-state index in [-0.39, 0.29) is 0 Å². The summed E-state index contributed by atoms with van der Waals surface area (Å²) in [4.78, 5) is 0. The average Bonchev–Trinajstić information content (AvgIpc) is 2.27. The highest BCUT2D eigenvalue weighted by atomic mass is 35.5. The van der Waals surface area contributed by atoms with Crippen molar-refractivity contribution in [3.63, 3.8) is 0 Å². The molecule has 2 N–H and O–H groups in total. The van der Waals surface area contributed by atoms with Gasteiger partial charge in [-0.2, -0.15) is 0 Å². The van der Waals surface area contributed by atoms with E-state index in [4.69, 9.17) is 17.3 Å². The molecule has 0 aliphatic rings. The van der Waals surface area contributed by atoms with E-state index >= 15 is 0 Å². The van der Waals surface area contributed by atoms with Gasteiger partial charge in [0.1, 0.15) is 0 Å². The summed E-state index contributed by atoms with van der Waals surface area (Å²) in [5.41, 5.74) is 9.61. The van der Waals surface area contributed by atoms with Crippen LogP contribution in [0.25, 0.3) is 11.1 Å². The van der Waals surface area contributed by atoms with Crippen LogP contribution in [0.1, 0.15) is 5.56 Å². The smallest absolute Gasteiger partial charge is 0.0534 e. The Kier molecular flexibility index (Phi) is 2.65. The van der Waals surface area contributed by atoms with Crippen LogP contribution in [0.2, 0.25) is 5.02 Å². The van der Waals surface area contributed by atoms with E-state index in [1.165, 1.54) is 0 Å². The number of benzene rings is 2. The van der Waals surface area contributed by atoms with E-state index in [1.54, 1.807) is 0 Å². The largest absolute Gasteiger partial charge is 0.398 e. The van der Waals surface area contributed by atoms with Gasteiger partial charge in [0, 0.05) is 11.3 Å². The molecule has 15 heavy (non-hydrogen) atoms. The number of nitrogen functional groups attached to an aromatic ring is 1. The van der Waals surface area contributed by atoms with Gasteiger partial charge in [0.25, 0.3) is 0 Å². The number of hydrogen-bond donors (Lipinski definition) is 1. The Morgan fingerprint density at radius 1 is 1.00 bits per heavy atom. The SMILES string of the molecule is Cc1c(N)ccc(-c2ccccc2)c1Cl. The predicted molar refractivity (Wildman–Crippen MR) is 66.0 cm³/mol. The van der Waals surface area contributed by atoms with Gasteiger partial charge in [0.2, 0.25) is 0 Å². The first-order valence-corrected chi connectivity index (χ1v) is 5.18. The van der Waals surface area contributed by atoms with Crippen molar-refractivity contribution in [1.29, 1.82) is 0 Å². The van der Waals surface area contributed by atoms with Crippen molar-refractivity contribution in [2.45, 2.75) is 6.92 Å². The Labute approximate surface area is 94.5 Å². The number of halogens is 1. The Bertz CT molecular complexity index is 477. The minimum Gasteiger partial charge on any atom is -0.398 e. The van der Waals surface area contributed by atoms with Crippen molar-refractivity contribution >= 4 is 17.3 Å². The fourth-order valence-corrected chi connectivity index (χ4v) is 1.82. The zero-order valence-corrected chi connectivity index (χ0v) is 9.25. The summed E-state index contributed by atoms with van der Waals surface area (Å²) in [6, 6.07) is 13.9. The van der Waals surface area contributed by atoms with Gasteiger partial charge in [-0.1, -0.05) is 48.0 Å². The molecule has 2 aromatic rings. The molecular weight excluding hydrogens is 206 g/mol. The van der Waals surface area contributed by atoms with Crippen LogP contribution in [-0.4, -0.2) is 0 Å². The fourth-order valence-electron chi connectivity index (χ4n) is 1.54. The highest BCUT2D eigenvalue weighted by molar-refractivity contribution is 6.34. The molecule has 2 aromatic carbocycles. The van der Waals surface area contributed by atoms with Gasteiger partial charge < -0.3 is 5.73 Å². The lowest BCUT2D eigenvalue weighted by Crippen LogP contribution is -1.91. The topological polar surface area (TPSA) is 26.0 Å². The van der Waals surface area contributed by atoms with Crippen LogP contribution in [0, 0.1) is 6.92 Å². The zero-order valence-electron chi connectivity index (χ0n) is 8.50. The quantitative estimate of drug-likeness (QED) is 0.721. The molecule has 2 heteroatoms. The molecule has 0 atom stereocenters. The van der Waals surface area contributed by atoms with Crippen LogP contribution in [0.15, 0.2) is 42.5 Å². The van der Waals surface area contributed by atoms with Gasteiger partial charge in [-0.05, 0) is 24.1 Å². The van der Waals surface area contributed by atoms with Gasteiger partial charge in [-0.3, -0.25) is 0 Å². The van der Waals surface area contributed by atoms with Crippen LogP contribution < -0.4 is 5.73 Å². The molecule has 2 rings (SSSR count). The normalized spacial score (nSPS) is 10.3. The molecule has 1 nitrogen and oxygen atoms in total. The number of hydrogen-bond acceptors (Lipinski definition) is 1. The standard InChI is InChI=1S/C13H12ClN/c1-9-12(15)8-7-11(13(9)14)10-5-3-2-4-6-10/h2-8H,15H2,1H3. The second-order valence-corrected chi connectivity index (χ2v) is 3.89. The van der Waals surface area contributed by atoms with E-state index in [1.807, 2.05) is 49.4 Å². The first-order valence-electron chi connectivity index (χ1n) is 4.80. The summed E-state index contributed by atoms with van der Waals surface area (Å²) >= 11 is 6.25. The molecule has 0 heterocycles. The predicted octanol–water partition coefficient (Wildman–Crippen LogP) is 3.90. The van der Waals surface area contributed by atoms with Crippen molar-refractivity contribution < 1.29 is 0 Å². The van der Waals surface area contributed by atoms with Crippen molar-refractivity contribution in [3.05, 3.63) is 53.1 Å². The summed E-state index contributed by atoms with van der Waals surface area (Å²) in [6.45, 7) is 1.93. The third-order valence-corrected chi connectivity index (χ3v) is 3.00. The Morgan fingerprint density at radius 2 is 1.67 bits per heavy atom. The third kappa shape index (κ3) is 1.83. The maximum atomic E-state index is 6.25. The molecule has 0 radical (unpaired) electrons. The molecule has 0 fully saturated rings. The highest BCUT2D eigenvalue weighted by Crippen LogP contribution is 2.32. The highest BCUT2D eigenvalue weighted by Gasteiger charge is 2.07. The monoisotopic (exact) mass is 217 g/mol. The molecule has 0 spiro atoms. The fraction of sp³-hybridized carbons (Fsp3) is 0.0769.